The summed E-state index contributed by atoms with van der Waals surface area (Å²) in [4.78, 5) is 13.0. The lowest BCUT2D eigenvalue weighted by Gasteiger charge is -2.28. The van der Waals surface area contributed by atoms with E-state index < -0.39 is 11.6 Å². The van der Waals surface area contributed by atoms with Crippen molar-refractivity contribution in [2.75, 3.05) is 6.54 Å². The zero-order valence-corrected chi connectivity index (χ0v) is 10.5. The summed E-state index contributed by atoms with van der Waals surface area (Å²) in [7, 11) is 0. The van der Waals surface area contributed by atoms with Gasteiger partial charge in [0.1, 0.15) is 0 Å². The van der Waals surface area contributed by atoms with Crippen LogP contribution in [0.15, 0.2) is 30.3 Å². The van der Waals surface area contributed by atoms with E-state index in [4.69, 9.17) is 5.11 Å². The first kappa shape index (κ1) is 13.1. The smallest absolute Gasteiger partial charge is 0.336 e. The molecule has 0 aliphatic heterocycles. The molecule has 1 fully saturated rings. The lowest BCUT2D eigenvalue weighted by Crippen LogP contribution is -2.47. The lowest BCUT2D eigenvalue weighted by atomic mass is 10.1. The molecule has 4 nitrogen and oxygen atoms in total. The number of carbonyl (C=O) groups is 1. The van der Waals surface area contributed by atoms with Crippen molar-refractivity contribution in [1.29, 1.82) is 0 Å². The molecule has 1 saturated carbocycles. The molecule has 2 rings (SSSR count). The first-order valence-corrected chi connectivity index (χ1v) is 6.23. The normalized spacial score (nSPS) is 18.6. The summed E-state index contributed by atoms with van der Waals surface area (Å²) in [6, 6.07) is 10.3. The number of hydrogen-bond acceptors (Lipinski definition) is 3. The van der Waals surface area contributed by atoms with E-state index in [0.717, 1.165) is 18.4 Å². The van der Waals surface area contributed by atoms with Crippen LogP contribution in [-0.4, -0.2) is 39.3 Å². The monoisotopic (exact) mass is 249 g/mol. The molecule has 0 radical (unpaired) electrons. The van der Waals surface area contributed by atoms with Crippen molar-refractivity contribution in [3.63, 3.8) is 0 Å². The molecule has 98 valence electrons. The maximum Gasteiger partial charge on any atom is 0.336 e. The Morgan fingerprint density at radius 1 is 1.39 bits per heavy atom. The van der Waals surface area contributed by atoms with Crippen molar-refractivity contribution < 1.29 is 15.0 Å². The first-order chi connectivity index (χ1) is 8.49. The number of carboxylic acid groups (broad SMARTS) is 1. The Morgan fingerprint density at radius 3 is 2.50 bits per heavy atom. The van der Waals surface area contributed by atoms with E-state index in [1.165, 1.54) is 6.92 Å². The molecule has 1 aromatic carbocycles. The van der Waals surface area contributed by atoms with E-state index in [9.17, 15) is 9.90 Å². The molecule has 1 aromatic rings. The Kier molecular flexibility index (Phi) is 3.68. The average molecular weight is 249 g/mol. The van der Waals surface area contributed by atoms with E-state index in [0.29, 0.717) is 12.6 Å². The molecule has 0 bridgehead atoms. The summed E-state index contributed by atoms with van der Waals surface area (Å²) < 4.78 is 0. The highest BCUT2D eigenvalue weighted by Gasteiger charge is 2.38. The highest BCUT2D eigenvalue weighted by molar-refractivity contribution is 5.76. The number of rotatable bonds is 6. The molecule has 0 spiro atoms. The van der Waals surface area contributed by atoms with Crippen LogP contribution in [-0.2, 0) is 11.3 Å². The van der Waals surface area contributed by atoms with Crippen LogP contribution in [0.2, 0.25) is 0 Å². The number of hydrogen-bond donors (Lipinski definition) is 2. The molecule has 18 heavy (non-hydrogen) atoms. The molecule has 1 atom stereocenters. The Morgan fingerprint density at radius 2 is 2.00 bits per heavy atom. The van der Waals surface area contributed by atoms with Crippen LogP contribution in [0.1, 0.15) is 25.3 Å². The van der Waals surface area contributed by atoms with E-state index in [2.05, 4.69) is 4.90 Å². The van der Waals surface area contributed by atoms with Crippen molar-refractivity contribution in [3.05, 3.63) is 35.9 Å². The van der Waals surface area contributed by atoms with Gasteiger partial charge in [-0.05, 0) is 25.3 Å². The minimum Gasteiger partial charge on any atom is -0.479 e. The van der Waals surface area contributed by atoms with Gasteiger partial charge in [-0.15, -0.1) is 0 Å². The summed E-state index contributed by atoms with van der Waals surface area (Å²) in [5.41, 5.74) is -0.539. The quantitative estimate of drug-likeness (QED) is 0.802. The van der Waals surface area contributed by atoms with E-state index >= 15 is 0 Å². The Balaban J connectivity index is 2.03. The van der Waals surface area contributed by atoms with Gasteiger partial charge in [0.25, 0.3) is 0 Å². The van der Waals surface area contributed by atoms with Crippen molar-refractivity contribution in [1.82, 2.24) is 4.90 Å². The fraction of sp³-hybridized carbons (Fsp3) is 0.500. The van der Waals surface area contributed by atoms with Crippen LogP contribution < -0.4 is 0 Å². The maximum absolute atomic E-state index is 11.0. The van der Waals surface area contributed by atoms with Gasteiger partial charge in [0.15, 0.2) is 5.60 Å². The molecule has 1 aliphatic rings. The summed E-state index contributed by atoms with van der Waals surface area (Å²) >= 11 is 0. The Labute approximate surface area is 107 Å². The summed E-state index contributed by atoms with van der Waals surface area (Å²) in [6.07, 6.45) is 2.17. The van der Waals surface area contributed by atoms with Crippen molar-refractivity contribution in [2.45, 2.75) is 38.0 Å². The molecule has 4 heteroatoms. The maximum atomic E-state index is 11.0. The number of nitrogens with zero attached hydrogens (tertiary/aromatic N) is 1. The molecule has 1 unspecified atom stereocenters. The van der Waals surface area contributed by atoms with Gasteiger partial charge in [-0.2, -0.15) is 0 Å². The minimum atomic E-state index is -1.68. The van der Waals surface area contributed by atoms with Crippen LogP contribution in [0.4, 0.5) is 0 Å². The third-order valence-electron chi connectivity index (χ3n) is 3.26. The largest absolute Gasteiger partial charge is 0.479 e. The molecule has 0 aromatic heterocycles. The van der Waals surface area contributed by atoms with E-state index in [1.807, 2.05) is 30.3 Å². The number of benzene rings is 1. The van der Waals surface area contributed by atoms with Crippen LogP contribution in [0.25, 0.3) is 0 Å². The van der Waals surface area contributed by atoms with Crippen LogP contribution >= 0.6 is 0 Å². The predicted octanol–water partition coefficient (Wildman–Crippen LogP) is 1.49. The Hall–Kier alpha value is -1.39. The molecular formula is C14H19NO3. The van der Waals surface area contributed by atoms with Crippen molar-refractivity contribution in [2.24, 2.45) is 0 Å². The number of aliphatic carboxylic acids is 1. The fourth-order valence-corrected chi connectivity index (χ4v) is 2.03. The lowest BCUT2D eigenvalue weighted by molar-refractivity contribution is -0.158. The van der Waals surface area contributed by atoms with Gasteiger partial charge in [0, 0.05) is 19.1 Å². The third kappa shape index (κ3) is 3.31. The van der Waals surface area contributed by atoms with Gasteiger partial charge >= 0.3 is 5.97 Å². The highest BCUT2D eigenvalue weighted by Crippen LogP contribution is 2.29. The second-order valence-corrected chi connectivity index (χ2v) is 5.20. The van der Waals surface area contributed by atoms with Gasteiger partial charge in [0.05, 0.1) is 0 Å². The van der Waals surface area contributed by atoms with E-state index in [1.54, 1.807) is 0 Å². The summed E-state index contributed by atoms with van der Waals surface area (Å²) in [5, 5.41) is 18.9. The van der Waals surface area contributed by atoms with Gasteiger partial charge in [-0.3, -0.25) is 4.90 Å². The highest BCUT2D eigenvalue weighted by atomic mass is 16.4. The summed E-state index contributed by atoms with van der Waals surface area (Å²) in [5.74, 6) is -1.17. The molecule has 0 heterocycles. The molecule has 0 saturated heterocycles. The molecule has 1 aliphatic carbocycles. The first-order valence-electron chi connectivity index (χ1n) is 6.23. The fourth-order valence-electron chi connectivity index (χ4n) is 2.03. The van der Waals surface area contributed by atoms with E-state index in [-0.39, 0.29) is 6.54 Å². The van der Waals surface area contributed by atoms with Crippen molar-refractivity contribution >= 4 is 5.97 Å². The second kappa shape index (κ2) is 5.08. The summed E-state index contributed by atoms with van der Waals surface area (Å²) in [6.45, 7) is 2.21. The standard InChI is InChI=1S/C14H19NO3/c1-14(18,13(16)17)10-15(12-7-8-12)9-11-5-3-2-4-6-11/h2-6,12,18H,7-10H2,1H3,(H,16,17). The van der Waals surface area contributed by atoms with Crippen molar-refractivity contribution in [3.8, 4) is 0 Å². The third-order valence-corrected chi connectivity index (χ3v) is 3.26. The van der Waals surface area contributed by atoms with Gasteiger partial charge in [-0.1, -0.05) is 30.3 Å². The van der Waals surface area contributed by atoms with Crippen LogP contribution in [0, 0.1) is 0 Å². The minimum absolute atomic E-state index is 0.169. The number of carboxylic acids is 1. The zero-order chi connectivity index (χ0) is 13.2. The molecule has 0 amide bonds. The van der Waals surface area contributed by atoms with Gasteiger partial charge in [0.2, 0.25) is 0 Å². The second-order valence-electron chi connectivity index (χ2n) is 5.20. The van der Waals surface area contributed by atoms with Crippen LogP contribution in [0.3, 0.4) is 0 Å². The van der Waals surface area contributed by atoms with Crippen LogP contribution in [0.5, 0.6) is 0 Å². The topological polar surface area (TPSA) is 60.8 Å². The predicted molar refractivity (Wildman–Crippen MR) is 68.1 cm³/mol. The average Bonchev–Trinajstić information content (AvgIpc) is 3.13. The zero-order valence-electron chi connectivity index (χ0n) is 10.5. The number of aliphatic hydroxyl groups is 1. The SMILES string of the molecule is CC(O)(CN(Cc1ccccc1)C1CC1)C(=O)O. The molecule has 2 N–H and O–H groups in total. The Bertz CT molecular complexity index is 412. The van der Waals surface area contributed by atoms with Gasteiger partial charge < -0.3 is 10.2 Å². The molecular weight excluding hydrogens is 230 g/mol. The van der Waals surface area contributed by atoms with Gasteiger partial charge in [-0.25, -0.2) is 4.79 Å².